The second-order valence-corrected chi connectivity index (χ2v) is 4.22. The Labute approximate surface area is 109 Å². The summed E-state index contributed by atoms with van der Waals surface area (Å²) in [7, 11) is 0. The molecule has 104 valence electrons. The van der Waals surface area contributed by atoms with Gasteiger partial charge in [-0.2, -0.15) is 0 Å². The Morgan fingerprint density at radius 3 is 2.17 bits per heavy atom. The van der Waals surface area contributed by atoms with Gasteiger partial charge in [-0.3, -0.25) is 14.4 Å². The van der Waals surface area contributed by atoms with Gasteiger partial charge in [-0.1, -0.05) is 32.6 Å². The number of nitrogens with one attached hydrogen (secondary N) is 2. The van der Waals surface area contributed by atoms with E-state index in [2.05, 4.69) is 17.6 Å². The highest BCUT2D eigenvalue weighted by Gasteiger charge is 2.13. The van der Waals surface area contributed by atoms with Crippen molar-refractivity contribution in [3.8, 4) is 0 Å². The standard InChI is InChI=1S/C13H24N2O3/c1-3-5-6-7-8-9-12(17)15-10-11(16)13(18)14-4-2/h3-10H2,1-2H3,(H,14,18)(H,15,17). The van der Waals surface area contributed by atoms with E-state index in [1.165, 1.54) is 12.8 Å². The van der Waals surface area contributed by atoms with Crippen LogP contribution in [0.25, 0.3) is 0 Å². The van der Waals surface area contributed by atoms with Crippen LogP contribution in [0.5, 0.6) is 0 Å². The van der Waals surface area contributed by atoms with E-state index in [0.717, 1.165) is 19.3 Å². The lowest BCUT2D eigenvalue weighted by Gasteiger charge is -2.04. The summed E-state index contributed by atoms with van der Waals surface area (Å²) in [6.07, 6.45) is 5.80. The first kappa shape index (κ1) is 16.6. The molecule has 0 rings (SSSR count). The van der Waals surface area contributed by atoms with E-state index in [9.17, 15) is 14.4 Å². The Hall–Kier alpha value is -1.39. The number of ketones is 1. The number of rotatable bonds is 10. The summed E-state index contributed by atoms with van der Waals surface area (Å²) in [6.45, 7) is 4.08. The summed E-state index contributed by atoms with van der Waals surface area (Å²) in [5, 5.41) is 4.86. The second-order valence-electron chi connectivity index (χ2n) is 4.22. The molecule has 5 nitrogen and oxygen atoms in total. The van der Waals surface area contributed by atoms with Crippen molar-refractivity contribution in [2.45, 2.75) is 52.4 Å². The Bertz CT molecular complexity index is 277. The van der Waals surface area contributed by atoms with Gasteiger partial charge in [0.15, 0.2) is 0 Å². The van der Waals surface area contributed by atoms with Crippen molar-refractivity contribution >= 4 is 17.6 Å². The molecule has 0 aromatic heterocycles. The molecule has 0 unspecified atom stereocenters. The maximum Gasteiger partial charge on any atom is 0.289 e. The number of amides is 2. The third kappa shape index (κ3) is 8.73. The van der Waals surface area contributed by atoms with Crippen LogP contribution in [0.15, 0.2) is 0 Å². The van der Waals surface area contributed by atoms with Gasteiger partial charge in [0.25, 0.3) is 5.91 Å². The molecule has 0 heterocycles. The number of likely N-dealkylation sites (N-methyl/N-ethyl adjacent to an activating group) is 1. The van der Waals surface area contributed by atoms with Gasteiger partial charge in [0.2, 0.25) is 11.7 Å². The molecule has 0 aliphatic carbocycles. The molecule has 2 N–H and O–H groups in total. The van der Waals surface area contributed by atoms with E-state index in [4.69, 9.17) is 0 Å². The van der Waals surface area contributed by atoms with Gasteiger partial charge in [0, 0.05) is 13.0 Å². The molecule has 0 aromatic rings. The van der Waals surface area contributed by atoms with Crippen LogP contribution in [0.3, 0.4) is 0 Å². The number of unbranched alkanes of at least 4 members (excludes halogenated alkanes) is 4. The lowest BCUT2D eigenvalue weighted by molar-refractivity contribution is -0.138. The monoisotopic (exact) mass is 256 g/mol. The summed E-state index contributed by atoms with van der Waals surface area (Å²) in [6, 6.07) is 0. The molecule has 0 aliphatic rings. The van der Waals surface area contributed by atoms with Gasteiger partial charge in [-0.25, -0.2) is 0 Å². The molecule has 0 aliphatic heterocycles. The number of hydrogen-bond acceptors (Lipinski definition) is 3. The number of hydrogen-bond donors (Lipinski definition) is 2. The van der Waals surface area contributed by atoms with Gasteiger partial charge in [-0.15, -0.1) is 0 Å². The molecular formula is C13H24N2O3. The van der Waals surface area contributed by atoms with Crippen LogP contribution < -0.4 is 10.6 Å². The first-order valence-electron chi connectivity index (χ1n) is 6.69. The van der Waals surface area contributed by atoms with Crippen LogP contribution in [-0.4, -0.2) is 30.7 Å². The molecule has 0 radical (unpaired) electrons. The van der Waals surface area contributed by atoms with Crippen molar-refractivity contribution in [1.82, 2.24) is 10.6 Å². The molecule has 0 spiro atoms. The van der Waals surface area contributed by atoms with Crippen LogP contribution in [0, 0.1) is 0 Å². The average molecular weight is 256 g/mol. The van der Waals surface area contributed by atoms with Gasteiger partial charge < -0.3 is 10.6 Å². The molecule has 0 atom stereocenters. The molecule has 0 fully saturated rings. The lowest BCUT2D eigenvalue weighted by atomic mass is 10.1. The van der Waals surface area contributed by atoms with E-state index in [0.29, 0.717) is 13.0 Å². The molecule has 0 saturated carbocycles. The Kier molecular flexibility index (Phi) is 9.91. The Balaban J connectivity index is 3.58. The SMILES string of the molecule is CCCCCCCC(=O)NCC(=O)C(=O)NCC. The maximum atomic E-state index is 11.4. The number of carbonyl (C=O) groups excluding carboxylic acids is 3. The number of Topliss-reactive ketones (excluding diaryl/α,β-unsaturated/α-hetero) is 1. The quantitative estimate of drug-likeness (QED) is 0.455. The van der Waals surface area contributed by atoms with Gasteiger partial charge >= 0.3 is 0 Å². The summed E-state index contributed by atoms with van der Waals surface area (Å²) in [4.78, 5) is 33.7. The Morgan fingerprint density at radius 1 is 0.889 bits per heavy atom. The van der Waals surface area contributed by atoms with Crippen LogP contribution in [-0.2, 0) is 14.4 Å². The zero-order chi connectivity index (χ0) is 13.8. The van der Waals surface area contributed by atoms with E-state index in [1.807, 2.05) is 0 Å². The predicted octanol–water partition coefficient (Wildman–Crippen LogP) is 1.17. The minimum atomic E-state index is -0.638. The summed E-state index contributed by atoms with van der Waals surface area (Å²) >= 11 is 0. The normalized spacial score (nSPS) is 9.89. The third-order valence-electron chi connectivity index (χ3n) is 2.54. The summed E-state index contributed by atoms with van der Waals surface area (Å²) < 4.78 is 0. The molecule has 2 amide bonds. The fourth-order valence-electron chi connectivity index (χ4n) is 1.50. The fourth-order valence-corrected chi connectivity index (χ4v) is 1.50. The fraction of sp³-hybridized carbons (Fsp3) is 0.769. The Morgan fingerprint density at radius 2 is 1.56 bits per heavy atom. The minimum absolute atomic E-state index is 0.163. The van der Waals surface area contributed by atoms with Crippen LogP contribution in [0.1, 0.15) is 52.4 Å². The molecule has 0 saturated heterocycles. The zero-order valence-electron chi connectivity index (χ0n) is 11.4. The van der Waals surface area contributed by atoms with Crippen molar-refractivity contribution in [1.29, 1.82) is 0 Å². The number of carbonyl (C=O) groups is 3. The first-order chi connectivity index (χ1) is 8.61. The lowest BCUT2D eigenvalue weighted by Crippen LogP contribution is -2.39. The van der Waals surface area contributed by atoms with E-state index < -0.39 is 11.7 Å². The van der Waals surface area contributed by atoms with Gasteiger partial charge in [-0.05, 0) is 13.3 Å². The highest BCUT2D eigenvalue weighted by molar-refractivity contribution is 6.37. The average Bonchev–Trinajstić information content (AvgIpc) is 2.36. The third-order valence-corrected chi connectivity index (χ3v) is 2.54. The van der Waals surface area contributed by atoms with Crippen molar-refractivity contribution in [3.63, 3.8) is 0 Å². The van der Waals surface area contributed by atoms with Crippen molar-refractivity contribution in [2.75, 3.05) is 13.1 Å². The van der Waals surface area contributed by atoms with Crippen LogP contribution in [0.4, 0.5) is 0 Å². The summed E-state index contributed by atoms with van der Waals surface area (Å²) in [5.41, 5.74) is 0. The van der Waals surface area contributed by atoms with Crippen molar-refractivity contribution < 1.29 is 14.4 Å². The van der Waals surface area contributed by atoms with E-state index in [1.54, 1.807) is 6.92 Å². The molecule has 5 heteroatoms. The topological polar surface area (TPSA) is 75.3 Å². The molecular weight excluding hydrogens is 232 g/mol. The maximum absolute atomic E-state index is 11.4. The molecule has 18 heavy (non-hydrogen) atoms. The predicted molar refractivity (Wildman–Crippen MR) is 70.1 cm³/mol. The van der Waals surface area contributed by atoms with Crippen molar-refractivity contribution in [3.05, 3.63) is 0 Å². The molecule has 0 aromatic carbocycles. The van der Waals surface area contributed by atoms with E-state index >= 15 is 0 Å². The highest BCUT2D eigenvalue weighted by Crippen LogP contribution is 2.04. The summed E-state index contributed by atoms with van der Waals surface area (Å²) in [5.74, 6) is -1.40. The van der Waals surface area contributed by atoms with Crippen LogP contribution in [0.2, 0.25) is 0 Å². The largest absolute Gasteiger partial charge is 0.350 e. The highest BCUT2D eigenvalue weighted by atomic mass is 16.2. The van der Waals surface area contributed by atoms with Crippen LogP contribution >= 0.6 is 0 Å². The van der Waals surface area contributed by atoms with E-state index in [-0.39, 0.29) is 12.5 Å². The first-order valence-corrected chi connectivity index (χ1v) is 6.69. The molecule has 0 bridgehead atoms. The minimum Gasteiger partial charge on any atom is -0.350 e. The second kappa shape index (κ2) is 10.7. The smallest absolute Gasteiger partial charge is 0.289 e. The zero-order valence-corrected chi connectivity index (χ0v) is 11.4. The van der Waals surface area contributed by atoms with Gasteiger partial charge in [0.05, 0.1) is 6.54 Å². The van der Waals surface area contributed by atoms with Crippen molar-refractivity contribution in [2.24, 2.45) is 0 Å². The van der Waals surface area contributed by atoms with Gasteiger partial charge in [0.1, 0.15) is 0 Å².